The Morgan fingerprint density at radius 1 is 0.944 bits per heavy atom. The standard InChI is InChI=1S/C16H14O2/c1-8-10-4-2-9-3-5-11-12(17)6-7-13(18)14(8)16(11)15(9)10/h3,5,8H,2,4,6-7H2,1H3. The Morgan fingerprint density at radius 2 is 1.72 bits per heavy atom. The highest BCUT2D eigenvalue weighted by Crippen LogP contribution is 2.33. The zero-order valence-electron chi connectivity index (χ0n) is 10.4. The van der Waals surface area contributed by atoms with Gasteiger partial charge >= 0.3 is 0 Å². The normalized spacial score (nSPS) is 24.6. The molecule has 0 aromatic heterocycles. The summed E-state index contributed by atoms with van der Waals surface area (Å²) in [6.07, 6.45) is 2.88. The van der Waals surface area contributed by atoms with Gasteiger partial charge in [0, 0.05) is 35.1 Å². The Kier molecular flexibility index (Phi) is 1.82. The second-order valence-electron chi connectivity index (χ2n) is 5.53. The second kappa shape index (κ2) is 3.19. The Morgan fingerprint density at radius 3 is 2.56 bits per heavy atom. The molecule has 1 aromatic rings. The minimum absolute atomic E-state index is 0.136. The summed E-state index contributed by atoms with van der Waals surface area (Å²) in [7, 11) is 0. The number of ketones is 2. The monoisotopic (exact) mass is 238 g/mol. The lowest BCUT2D eigenvalue weighted by atomic mass is 9.91. The zero-order chi connectivity index (χ0) is 12.4. The van der Waals surface area contributed by atoms with Crippen molar-refractivity contribution in [3.63, 3.8) is 0 Å². The van der Waals surface area contributed by atoms with Crippen LogP contribution in [0.5, 0.6) is 0 Å². The van der Waals surface area contributed by atoms with Crippen molar-refractivity contribution in [3.8, 4) is 0 Å². The van der Waals surface area contributed by atoms with Crippen LogP contribution in [-0.4, -0.2) is 11.6 Å². The van der Waals surface area contributed by atoms with Crippen LogP contribution in [0, 0.1) is 5.92 Å². The van der Waals surface area contributed by atoms with E-state index >= 15 is 0 Å². The molecular formula is C16H14O2. The molecule has 0 aliphatic heterocycles. The first kappa shape index (κ1) is 10.2. The van der Waals surface area contributed by atoms with E-state index in [1.807, 2.05) is 6.07 Å². The van der Waals surface area contributed by atoms with E-state index in [4.69, 9.17) is 0 Å². The summed E-state index contributed by atoms with van der Waals surface area (Å²) < 4.78 is 0. The number of rotatable bonds is 0. The SMILES string of the molecule is CC1C2=c3c(ccc4c3=C1C(=O)CCC4=O)CC2. The molecule has 0 amide bonds. The molecule has 2 nitrogen and oxygen atoms in total. The lowest BCUT2D eigenvalue weighted by Gasteiger charge is -2.11. The van der Waals surface area contributed by atoms with Gasteiger partial charge in [-0.2, -0.15) is 0 Å². The molecule has 0 saturated heterocycles. The van der Waals surface area contributed by atoms with Gasteiger partial charge in [-0.1, -0.05) is 24.6 Å². The first-order valence-corrected chi connectivity index (χ1v) is 6.64. The Bertz CT molecular complexity index is 737. The lowest BCUT2D eigenvalue weighted by Crippen LogP contribution is -2.32. The topological polar surface area (TPSA) is 34.1 Å². The van der Waals surface area contributed by atoms with Crippen LogP contribution < -0.4 is 10.4 Å². The molecule has 0 heterocycles. The lowest BCUT2D eigenvalue weighted by molar-refractivity contribution is -0.114. The van der Waals surface area contributed by atoms with Gasteiger partial charge in [-0.15, -0.1) is 0 Å². The van der Waals surface area contributed by atoms with Gasteiger partial charge in [-0.25, -0.2) is 0 Å². The summed E-state index contributed by atoms with van der Waals surface area (Å²) in [6.45, 7) is 2.12. The van der Waals surface area contributed by atoms with E-state index < -0.39 is 0 Å². The highest BCUT2D eigenvalue weighted by Gasteiger charge is 2.34. The van der Waals surface area contributed by atoms with Gasteiger partial charge in [0.15, 0.2) is 11.6 Å². The van der Waals surface area contributed by atoms with E-state index in [1.165, 1.54) is 16.4 Å². The van der Waals surface area contributed by atoms with Crippen molar-refractivity contribution in [1.82, 2.24) is 0 Å². The average Bonchev–Trinajstić information content (AvgIpc) is 2.87. The predicted octanol–water partition coefficient (Wildman–Crippen LogP) is 1.13. The average molecular weight is 238 g/mol. The third-order valence-corrected chi connectivity index (χ3v) is 4.68. The molecule has 18 heavy (non-hydrogen) atoms. The molecule has 0 saturated carbocycles. The molecule has 90 valence electrons. The first-order valence-electron chi connectivity index (χ1n) is 6.64. The molecule has 4 rings (SSSR count). The summed E-state index contributed by atoms with van der Waals surface area (Å²) in [6, 6.07) is 4.03. The van der Waals surface area contributed by atoms with Crippen molar-refractivity contribution in [3.05, 3.63) is 33.7 Å². The molecule has 0 fully saturated rings. The Labute approximate surface area is 105 Å². The quantitative estimate of drug-likeness (QED) is 0.679. The second-order valence-corrected chi connectivity index (χ2v) is 5.53. The molecule has 0 bridgehead atoms. The smallest absolute Gasteiger partial charge is 0.163 e. The summed E-state index contributed by atoms with van der Waals surface area (Å²) in [5.74, 6) is 0.544. The van der Waals surface area contributed by atoms with Crippen molar-refractivity contribution in [2.75, 3.05) is 0 Å². The maximum Gasteiger partial charge on any atom is 0.163 e. The van der Waals surface area contributed by atoms with Crippen molar-refractivity contribution in [2.45, 2.75) is 32.6 Å². The minimum Gasteiger partial charge on any atom is -0.294 e. The van der Waals surface area contributed by atoms with Gasteiger partial charge < -0.3 is 0 Å². The zero-order valence-corrected chi connectivity index (χ0v) is 10.4. The molecule has 1 aromatic carbocycles. The number of carbonyl (C=O) groups is 2. The van der Waals surface area contributed by atoms with Gasteiger partial charge in [0.05, 0.1) is 0 Å². The molecule has 0 N–H and O–H groups in total. The summed E-state index contributed by atoms with van der Waals surface area (Å²) in [5, 5.41) is 2.25. The molecular weight excluding hydrogens is 224 g/mol. The highest BCUT2D eigenvalue weighted by molar-refractivity contribution is 6.21. The van der Waals surface area contributed by atoms with Gasteiger partial charge in [0.1, 0.15) is 0 Å². The number of carbonyl (C=O) groups excluding carboxylic acids is 2. The fraction of sp³-hybridized carbons (Fsp3) is 0.375. The van der Waals surface area contributed by atoms with Gasteiger partial charge in [0.25, 0.3) is 0 Å². The van der Waals surface area contributed by atoms with E-state index in [9.17, 15) is 9.59 Å². The number of benzene rings is 1. The fourth-order valence-electron chi connectivity index (χ4n) is 3.83. The van der Waals surface area contributed by atoms with Crippen LogP contribution in [0.1, 0.15) is 42.1 Å². The molecule has 2 heteroatoms. The van der Waals surface area contributed by atoms with Crippen LogP contribution in [-0.2, 0) is 11.2 Å². The van der Waals surface area contributed by atoms with Gasteiger partial charge in [-0.3, -0.25) is 9.59 Å². The molecule has 1 atom stereocenters. The molecule has 0 spiro atoms. The van der Waals surface area contributed by atoms with E-state index in [1.54, 1.807) is 0 Å². The van der Waals surface area contributed by atoms with Gasteiger partial charge in [0.2, 0.25) is 0 Å². The van der Waals surface area contributed by atoms with Crippen LogP contribution in [0.3, 0.4) is 0 Å². The minimum atomic E-state index is 0.136. The van der Waals surface area contributed by atoms with Crippen LogP contribution in [0.25, 0.3) is 11.1 Å². The summed E-state index contributed by atoms with van der Waals surface area (Å²) in [5.41, 5.74) is 4.42. The van der Waals surface area contributed by atoms with Gasteiger partial charge in [-0.05, 0) is 23.6 Å². The maximum atomic E-state index is 12.3. The van der Waals surface area contributed by atoms with Crippen molar-refractivity contribution in [2.24, 2.45) is 5.92 Å². The third-order valence-electron chi connectivity index (χ3n) is 4.68. The number of hydrogen-bond acceptors (Lipinski definition) is 2. The van der Waals surface area contributed by atoms with E-state index in [0.29, 0.717) is 12.8 Å². The summed E-state index contributed by atoms with van der Waals surface area (Å²) in [4.78, 5) is 24.4. The van der Waals surface area contributed by atoms with Crippen molar-refractivity contribution in [1.29, 1.82) is 0 Å². The number of Topliss-reactive ketones (excluding diaryl/α,β-unsaturated/α-hetero) is 2. The molecule has 0 radical (unpaired) electrons. The van der Waals surface area contributed by atoms with E-state index in [-0.39, 0.29) is 17.5 Å². The van der Waals surface area contributed by atoms with Crippen LogP contribution >= 0.6 is 0 Å². The Hall–Kier alpha value is -1.70. The summed E-state index contributed by atoms with van der Waals surface area (Å²) >= 11 is 0. The molecule has 1 unspecified atom stereocenters. The predicted molar refractivity (Wildman–Crippen MR) is 68.6 cm³/mol. The Balaban J connectivity index is 2.27. The molecule has 3 aliphatic rings. The van der Waals surface area contributed by atoms with Crippen LogP contribution in [0.15, 0.2) is 12.1 Å². The molecule has 3 aliphatic carbocycles. The first-order chi connectivity index (χ1) is 8.68. The number of aryl methyl sites for hydroxylation is 1. The largest absolute Gasteiger partial charge is 0.294 e. The third kappa shape index (κ3) is 1.04. The van der Waals surface area contributed by atoms with Crippen molar-refractivity contribution < 1.29 is 9.59 Å². The van der Waals surface area contributed by atoms with Crippen molar-refractivity contribution >= 4 is 22.7 Å². The highest BCUT2D eigenvalue weighted by atomic mass is 16.1. The van der Waals surface area contributed by atoms with Crippen LogP contribution in [0.2, 0.25) is 0 Å². The van der Waals surface area contributed by atoms with E-state index in [0.717, 1.165) is 29.2 Å². The maximum absolute atomic E-state index is 12.3. The van der Waals surface area contributed by atoms with Crippen LogP contribution in [0.4, 0.5) is 0 Å². The number of hydrogen-bond donors (Lipinski definition) is 0. The van der Waals surface area contributed by atoms with E-state index in [2.05, 4.69) is 13.0 Å². The fourth-order valence-corrected chi connectivity index (χ4v) is 3.83.